The third-order valence-corrected chi connectivity index (χ3v) is 3.97. The van der Waals surface area contributed by atoms with Crippen LogP contribution >= 0.6 is 0 Å². The van der Waals surface area contributed by atoms with E-state index in [-0.39, 0.29) is 17.0 Å². The minimum Gasteiger partial charge on any atom is -0.333 e. The zero-order valence-electron chi connectivity index (χ0n) is 12.5. The van der Waals surface area contributed by atoms with Crippen LogP contribution in [0, 0.1) is 17.1 Å². The summed E-state index contributed by atoms with van der Waals surface area (Å²) in [6.45, 7) is 1.04. The van der Waals surface area contributed by atoms with Crippen LogP contribution in [0.25, 0.3) is 6.08 Å². The predicted molar refractivity (Wildman–Crippen MR) is 85.6 cm³/mol. The molecule has 0 bridgehead atoms. The first kappa shape index (κ1) is 15.0. The van der Waals surface area contributed by atoms with E-state index < -0.39 is 5.82 Å². The standard InChI is InChI=1S/C19H15FN2O/c20-18-8-4-3-6-15(18)11-17(12-21)19(23)22-10-9-14-5-1-2-7-16(14)13-22/h1-8,11H,9-10,13H2/b17-11+. The second kappa shape index (κ2) is 6.45. The summed E-state index contributed by atoms with van der Waals surface area (Å²) in [6, 6.07) is 16.0. The topological polar surface area (TPSA) is 44.1 Å². The first-order valence-corrected chi connectivity index (χ1v) is 7.41. The van der Waals surface area contributed by atoms with Gasteiger partial charge in [0.05, 0.1) is 0 Å². The van der Waals surface area contributed by atoms with Crippen molar-refractivity contribution in [2.24, 2.45) is 0 Å². The van der Waals surface area contributed by atoms with Crippen molar-refractivity contribution in [3.63, 3.8) is 0 Å². The highest BCUT2D eigenvalue weighted by Gasteiger charge is 2.23. The second-order valence-corrected chi connectivity index (χ2v) is 5.44. The molecule has 0 fully saturated rings. The van der Waals surface area contributed by atoms with Gasteiger partial charge in [0.25, 0.3) is 5.91 Å². The fourth-order valence-electron chi connectivity index (χ4n) is 2.73. The molecule has 1 aliphatic heterocycles. The maximum atomic E-state index is 13.7. The number of hydrogen-bond donors (Lipinski definition) is 0. The largest absolute Gasteiger partial charge is 0.333 e. The van der Waals surface area contributed by atoms with Gasteiger partial charge in [0.15, 0.2) is 0 Å². The Bertz CT molecular complexity index is 820. The van der Waals surface area contributed by atoms with Crippen LogP contribution in [-0.2, 0) is 17.8 Å². The van der Waals surface area contributed by atoms with Gasteiger partial charge >= 0.3 is 0 Å². The highest BCUT2D eigenvalue weighted by Crippen LogP contribution is 2.21. The number of carbonyl (C=O) groups excluding carboxylic acids is 1. The molecular formula is C19H15FN2O. The molecule has 3 rings (SSSR count). The van der Waals surface area contributed by atoms with E-state index in [1.165, 1.54) is 17.7 Å². The van der Waals surface area contributed by atoms with E-state index >= 15 is 0 Å². The first-order valence-electron chi connectivity index (χ1n) is 7.41. The lowest BCUT2D eigenvalue weighted by atomic mass is 9.99. The van der Waals surface area contributed by atoms with Crippen LogP contribution < -0.4 is 0 Å². The molecule has 0 spiro atoms. The van der Waals surface area contributed by atoms with Gasteiger partial charge in [0.1, 0.15) is 17.5 Å². The van der Waals surface area contributed by atoms with E-state index in [4.69, 9.17) is 0 Å². The molecule has 2 aromatic rings. The van der Waals surface area contributed by atoms with Crippen molar-refractivity contribution in [3.05, 3.63) is 76.6 Å². The van der Waals surface area contributed by atoms with Crippen LogP contribution in [0.5, 0.6) is 0 Å². The number of amides is 1. The smallest absolute Gasteiger partial charge is 0.264 e. The molecule has 4 heteroatoms. The summed E-state index contributed by atoms with van der Waals surface area (Å²) in [5, 5.41) is 9.29. The molecule has 3 nitrogen and oxygen atoms in total. The molecule has 0 radical (unpaired) electrons. The fraction of sp³-hybridized carbons (Fsp3) is 0.158. The van der Waals surface area contributed by atoms with Crippen LogP contribution in [-0.4, -0.2) is 17.4 Å². The van der Waals surface area contributed by atoms with E-state index in [0.717, 1.165) is 12.0 Å². The molecule has 0 aliphatic carbocycles. The minimum absolute atomic E-state index is 0.0468. The molecule has 1 amide bonds. The number of fused-ring (bicyclic) bond motifs is 1. The lowest BCUT2D eigenvalue weighted by Crippen LogP contribution is -2.36. The Kier molecular flexibility index (Phi) is 4.20. The number of hydrogen-bond acceptors (Lipinski definition) is 2. The van der Waals surface area contributed by atoms with Gasteiger partial charge in [-0.3, -0.25) is 4.79 Å². The number of rotatable bonds is 2. The Balaban J connectivity index is 1.85. The van der Waals surface area contributed by atoms with Gasteiger partial charge in [0.2, 0.25) is 0 Å². The van der Waals surface area contributed by atoms with Gasteiger partial charge in [-0.1, -0.05) is 42.5 Å². The van der Waals surface area contributed by atoms with Crippen molar-refractivity contribution < 1.29 is 9.18 Å². The van der Waals surface area contributed by atoms with Crippen LogP contribution in [0.1, 0.15) is 16.7 Å². The number of benzene rings is 2. The molecule has 0 N–H and O–H groups in total. The number of carbonyl (C=O) groups is 1. The summed E-state index contributed by atoms with van der Waals surface area (Å²) in [5.41, 5.74) is 2.52. The van der Waals surface area contributed by atoms with Gasteiger partial charge in [-0.15, -0.1) is 0 Å². The Morgan fingerprint density at radius 3 is 2.57 bits per heavy atom. The zero-order valence-corrected chi connectivity index (χ0v) is 12.5. The molecule has 0 saturated carbocycles. The Hall–Kier alpha value is -2.93. The third-order valence-electron chi connectivity index (χ3n) is 3.97. The van der Waals surface area contributed by atoms with Crippen molar-refractivity contribution in [1.29, 1.82) is 5.26 Å². The SMILES string of the molecule is N#C/C(=C\c1ccccc1F)C(=O)N1CCc2ccccc2C1. The van der Waals surface area contributed by atoms with E-state index in [1.54, 1.807) is 23.1 Å². The average Bonchev–Trinajstić information content (AvgIpc) is 2.60. The van der Waals surface area contributed by atoms with E-state index in [9.17, 15) is 14.4 Å². The quantitative estimate of drug-likeness (QED) is 0.631. The molecule has 0 atom stereocenters. The predicted octanol–water partition coefficient (Wildman–Crippen LogP) is 3.32. The minimum atomic E-state index is -0.447. The van der Waals surface area contributed by atoms with Crippen molar-refractivity contribution in [2.45, 2.75) is 13.0 Å². The average molecular weight is 306 g/mol. The number of nitrogens with zero attached hydrogens (tertiary/aromatic N) is 2. The number of nitriles is 1. The molecule has 0 aromatic heterocycles. The number of halogens is 1. The Labute approximate surface area is 134 Å². The summed E-state index contributed by atoms with van der Waals surface area (Å²) < 4.78 is 13.7. The monoisotopic (exact) mass is 306 g/mol. The van der Waals surface area contributed by atoms with E-state index in [1.807, 2.05) is 24.3 Å². The third kappa shape index (κ3) is 3.14. The van der Waals surface area contributed by atoms with Crippen molar-refractivity contribution in [2.75, 3.05) is 6.54 Å². The maximum absolute atomic E-state index is 13.7. The van der Waals surface area contributed by atoms with Crippen LogP contribution in [0.2, 0.25) is 0 Å². The van der Waals surface area contributed by atoms with Gasteiger partial charge in [-0.2, -0.15) is 5.26 Å². The molecule has 1 aliphatic rings. The Morgan fingerprint density at radius 1 is 1.13 bits per heavy atom. The summed E-state index contributed by atoms with van der Waals surface area (Å²) in [7, 11) is 0. The lowest BCUT2D eigenvalue weighted by molar-refractivity contribution is -0.127. The molecule has 0 unspecified atom stereocenters. The second-order valence-electron chi connectivity index (χ2n) is 5.44. The van der Waals surface area contributed by atoms with Crippen LogP contribution in [0.15, 0.2) is 54.1 Å². The summed E-state index contributed by atoms with van der Waals surface area (Å²) >= 11 is 0. The fourth-order valence-corrected chi connectivity index (χ4v) is 2.73. The first-order chi connectivity index (χ1) is 11.2. The summed E-state index contributed by atoms with van der Waals surface area (Å²) in [5.74, 6) is -0.803. The zero-order chi connectivity index (χ0) is 16.2. The molecule has 114 valence electrons. The van der Waals surface area contributed by atoms with Crippen molar-refractivity contribution in [3.8, 4) is 6.07 Å². The van der Waals surface area contributed by atoms with Gasteiger partial charge in [-0.05, 0) is 29.7 Å². The highest BCUT2D eigenvalue weighted by molar-refractivity contribution is 6.01. The lowest BCUT2D eigenvalue weighted by Gasteiger charge is -2.28. The van der Waals surface area contributed by atoms with Crippen LogP contribution in [0.3, 0.4) is 0 Å². The van der Waals surface area contributed by atoms with Crippen LogP contribution in [0.4, 0.5) is 4.39 Å². The highest BCUT2D eigenvalue weighted by atomic mass is 19.1. The van der Waals surface area contributed by atoms with Gasteiger partial charge in [0, 0.05) is 18.7 Å². The summed E-state index contributed by atoms with van der Waals surface area (Å²) in [4.78, 5) is 14.2. The maximum Gasteiger partial charge on any atom is 0.264 e. The van der Waals surface area contributed by atoms with Crippen molar-refractivity contribution >= 4 is 12.0 Å². The summed E-state index contributed by atoms with van der Waals surface area (Å²) in [6.07, 6.45) is 2.08. The van der Waals surface area contributed by atoms with Gasteiger partial charge in [-0.25, -0.2) is 4.39 Å². The molecular weight excluding hydrogens is 291 g/mol. The molecule has 1 heterocycles. The van der Waals surface area contributed by atoms with E-state index in [0.29, 0.717) is 13.1 Å². The van der Waals surface area contributed by atoms with Crippen molar-refractivity contribution in [1.82, 2.24) is 4.90 Å². The molecule has 2 aromatic carbocycles. The van der Waals surface area contributed by atoms with Gasteiger partial charge < -0.3 is 4.90 Å². The van der Waals surface area contributed by atoms with E-state index in [2.05, 4.69) is 6.07 Å². The molecule has 0 saturated heterocycles. The normalized spacial score (nSPS) is 14.1. The molecule has 23 heavy (non-hydrogen) atoms. The Morgan fingerprint density at radius 2 is 1.83 bits per heavy atom.